The average Bonchev–Trinajstić information content (AvgIpc) is 2.65. The monoisotopic (exact) mass is 404 g/mol. The van der Waals surface area contributed by atoms with E-state index in [1.165, 1.54) is 4.90 Å². The van der Waals surface area contributed by atoms with E-state index in [0.29, 0.717) is 12.5 Å². The number of carbonyl (C=O) groups excluding carboxylic acids is 2. The number of hydrogen-bond donors (Lipinski definition) is 3. The summed E-state index contributed by atoms with van der Waals surface area (Å²) in [6.45, 7) is 7.41. The third kappa shape index (κ3) is 11.0. The Balaban J connectivity index is 2.55. The second kappa shape index (κ2) is 11.9. The highest BCUT2D eigenvalue weighted by Gasteiger charge is 2.13. The van der Waals surface area contributed by atoms with Crippen molar-refractivity contribution in [3.05, 3.63) is 30.3 Å². The molecular formula is C21H36N6O2. The lowest BCUT2D eigenvalue weighted by molar-refractivity contribution is -0.127. The molecule has 0 spiro atoms. The van der Waals surface area contributed by atoms with E-state index in [1.807, 2.05) is 39.0 Å². The van der Waals surface area contributed by atoms with Crippen LogP contribution in [0.25, 0.3) is 0 Å². The molecule has 1 aromatic carbocycles. The summed E-state index contributed by atoms with van der Waals surface area (Å²) in [6.07, 6.45) is 0.877. The molecule has 8 nitrogen and oxygen atoms in total. The van der Waals surface area contributed by atoms with E-state index in [2.05, 4.69) is 45.0 Å². The van der Waals surface area contributed by atoms with Gasteiger partial charge in [-0.2, -0.15) is 0 Å². The molecule has 0 unspecified atom stereocenters. The Hall–Kier alpha value is -2.77. The van der Waals surface area contributed by atoms with Crippen LogP contribution in [0.2, 0.25) is 0 Å². The van der Waals surface area contributed by atoms with Crippen molar-refractivity contribution in [2.24, 2.45) is 4.99 Å². The first-order valence-corrected chi connectivity index (χ1v) is 9.88. The number of nitrogens with one attached hydrogen (secondary N) is 3. The first kappa shape index (κ1) is 24.3. The molecule has 29 heavy (non-hydrogen) atoms. The number of hydrogen-bond acceptors (Lipinski definition) is 4. The smallest absolute Gasteiger partial charge is 0.242 e. The molecule has 3 N–H and O–H groups in total. The predicted octanol–water partition coefficient (Wildman–Crippen LogP) is 1.05. The highest BCUT2D eigenvalue weighted by atomic mass is 16.2. The summed E-state index contributed by atoms with van der Waals surface area (Å²) in [6, 6.07) is 10.2. The number of aliphatic imine (C=N–C) groups is 1. The summed E-state index contributed by atoms with van der Waals surface area (Å²) in [4.78, 5) is 31.9. The molecule has 162 valence electrons. The Bertz CT molecular complexity index is 667. The molecular weight excluding hydrogens is 368 g/mol. The van der Waals surface area contributed by atoms with Gasteiger partial charge >= 0.3 is 0 Å². The van der Waals surface area contributed by atoms with Gasteiger partial charge in [0.2, 0.25) is 11.8 Å². The highest BCUT2D eigenvalue weighted by molar-refractivity contribution is 5.88. The average molecular weight is 405 g/mol. The van der Waals surface area contributed by atoms with Crippen molar-refractivity contribution in [2.45, 2.75) is 32.7 Å². The summed E-state index contributed by atoms with van der Waals surface area (Å²) < 4.78 is 0. The van der Waals surface area contributed by atoms with E-state index in [-0.39, 0.29) is 30.4 Å². The van der Waals surface area contributed by atoms with E-state index in [9.17, 15) is 9.59 Å². The van der Waals surface area contributed by atoms with Crippen LogP contribution in [0.5, 0.6) is 0 Å². The largest absolute Gasteiger partial charge is 0.375 e. The van der Waals surface area contributed by atoms with Crippen molar-refractivity contribution in [1.82, 2.24) is 20.9 Å². The Kier molecular flexibility index (Phi) is 9.99. The van der Waals surface area contributed by atoms with Crippen LogP contribution >= 0.6 is 0 Å². The molecule has 0 bridgehead atoms. The van der Waals surface area contributed by atoms with Gasteiger partial charge in [-0.3, -0.25) is 9.59 Å². The van der Waals surface area contributed by atoms with Gasteiger partial charge in [-0.25, -0.2) is 4.99 Å². The second-order valence-electron chi connectivity index (χ2n) is 8.14. The molecule has 0 fully saturated rings. The maximum atomic E-state index is 12.0. The number of benzene rings is 1. The summed E-state index contributed by atoms with van der Waals surface area (Å²) in [5.74, 6) is 0.218. The van der Waals surface area contributed by atoms with Crippen molar-refractivity contribution >= 4 is 23.5 Å². The van der Waals surface area contributed by atoms with Crippen LogP contribution in [0.4, 0.5) is 5.69 Å². The predicted molar refractivity (Wildman–Crippen MR) is 119 cm³/mol. The Labute approximate surface area is 174 Å². The van der Waals surface area contributed by atoms with Gasteiger partial charge in [0, 0.05) is 45.5 Å². The van der Waals surface area contributed by atoms with Crippen molar-refractivity contribution in [3.63, 3.8) is 0 Å². The maximum absolute atomic E-state index is 12.0. The molecule has 0 aliphatic carbocycles. The normalized spacial score (nSPS) is 11.6. The SMILES string of the molecule is CN(C)C(=O)CNC(=NCC(=O)NC(C)(C)C)NCCCN(C)c1ccccc1. The fraction of sp³-hybridized carbons (Fsp3) is 0.571. The molecule has 0 saturated heterocycles. The summed E-state index contributed by atoms with van der Waals surface area (Å²) in [5.41, 5.74) is 0.853. The standard InChI is InChI=1S/C21H36N6O2/c1-21(2,3)25-18(28)15-23-20(24-16-19(29)26(4)5)22-13-10-14-27(6)17-11-8-7-9-12-17/h7-9,11-12H,10,13-16H2,1-6H3,(H,25,28)(H2,22,23,24). The molecule has 0 aliphatic rings. The van der Waals surface area contributed by atoms with Gasteiger partial charge in [0.25, 0.3) is 0 Å². The van der Waals surface area contributed by atoms with Gasteiger partial charge in [0.15, 0.2) is 5.96 Å². The fourth-order valence-corrected chi connectivity index (χ4v) is 2.43. The molecule has 1 rings (SSSR count). The lowest BCUT2D eigenvalue weighted by Crippen LogP contribution is -2.45. The topological polar surface area (TPSA) is 89.1 Å². The van der Waals surface area contributed by atoms with Crippen LogP contribution in [-0.2, 0) is 9.59 Å². The van der Waals surface area contributed by atoms with E-state index in [4.69, 9.17) is 0 Å². The third-order valence-electron chi connectivity index (χ3n) is 3.96. The van der Waals surface area contributed by atoms with Crippen LogP contribution in [0.1, 0.15) is 27.2 Å². The lowest BCUT2D eigenvalue weighted by Gasteiger charge is -2.21. The molecule has 0 radical (unpaired) electrons. The quantitative estimate of drug-likeness (QED) is 0.325. The van der Waals surface area contributed by atoms with E-state index >= 15 is 0 Å². The first-order valence-electron chi connectivity index (χ1n) is 9.88. The second-order valence-corrected chi connectivity index (χ2v) is 8.14. The van der Waals surface area contributed by atoms with Gasteiger partial charge in [0.05, 0.1) is 6.54 Å². The molecule has 8 heteroatoms. The molecule has 0 saturated carbocycles. The summed E-state index contributed by atoms with van der Waals surface area (Å²) >= 11 is 0. The Morgan fingerprint density at radius 3 is 2.28 bits per heavy atom. The highest BCUT2D eigenvalue weighted by Crippen LogP contribution is 2.10. The molecule has 2 amide bonds. The molecule has 0 aromatic heterocycles. The number of guanidine groups is 1. The van der Waals surface area contributed by atoms with Gasteiger partial charge in [0.1, 0.15) is 6.54 Å². The van der Waals surface area contributed by atoms with Crippen molar-refractivity contribution in [2.75, 3.05) is 52.2 Å². The minimum Gasteiger partial charge on any atom is -0.375 e. The molecule has 1 aromatic rings. The van der Waals surface area contributed by atoms with E-state index < -0.39 is 0 Å². The van der Waals surface area contributed by atoms with E-state index in [0.717, 1.165) is 18.7 Å². The van der Waals surface area contributed by atoms with E-state index in [1.54, 1.807) is 14.1 Å². The number of rotatable bonds is 9. The zero-order valence-corrected chi connectivity index (χ0v) is 18.6. The van der Waals surface area contributed by atoms with Gasteiger partial charge < -0.3 is 25.8 Å². The van der Waals surface area contributed by atoms with Gasteiger partial charge in [-0.05, 0) is 39.3 Å². The fourth-order valence-electron chi connectivity index (χ4n) is 2.43. The van der Waals surface area contributed by atoms with Crippen molar-refractivity contribution in [1.29, 1.82) is 0 Å². The number of anilines is 1. The first-order chi connectivity index (χ1) is 13.6. The van der Waals surface area contributed by atoms with Crippen LogP contribution in [0.15, 0.2) is 35.3 Å². The number of carbonyl (C=O) groups is 2. The number of amides is 2. The maximum Gasteiger partial charge on any atom is 0.242 e. The zero-order chi connectivity index (χ0) is 21.9. The number of likely N-dealkylation sites (N-methyl/N-ethyl adjacent to an activating group) is 1. The molecule has 0 aliphatic heterocycles. The minimum atomic E-state index is -0.309. The number of nitrogens with zero attached hydrogens (tertiary/aromatic N) is 3. The van der Waals surface area contributed by atoms with Gasteiger partial charge in [-0.1, -0.05) is 18.2 Å². The Morgan fingerprint density at radius 2 is 1.69 bits per heavy atom. The van der Waals surface area contributed by atoms with Crippen LogP contribution in [0, 0.1) is 0 Å². The summed E-state index contributed by atoms with van der Waals surface area (Å²) in [5, 5.41) is 9.07. The van der Waals surface area contributed by atoms with Crippen LogP contribution < -0.4 is 20.9 Å². The number of para-hydroxylation sites is 1. The zero-order valence-electron chi connectivity index (χ0n) is 18.6. The molecule has 0 heterocycles. The third-order valence-corrected chi connectivity index (χ3v) is 3.96. The summed E-state index contributed by atoms with van der Waals surface area (Å²) in [7, 11) is 5.45. The van der Waals surface area contributed by atoms with Crippen molar-refractivity contribution in [3.8, 4) is 0 Å². The van der Waals surface area contributed by atoms with Crippen LogP contribution in [-0.4, -0.2) is 75.5 Å². The molecule has 0 atom stereocenters. The van der Waals surface area contributed by atoms with Crippen LogP contribution in [0.3, 0.4) is 0 Å². The lowest BCUT2D eigenvalue weighted by atomic mass is 10.1. The minimum absolute atomic E-state index is 0.00727. The van der Waals surface area contributed by atoms with Gasteiger partial charge in [-0.15, -0.1) is 0 Å². The Morgan fingerprint density at radius 1 is 1.03 bits per heavy atom. The van der Waals surface area contributed by atoms with Crippen molar-refractivity contribution < 1.29 is 9.59 Å².